The van der Waals surface area contributed by atoms with Gasteiger partial charge in [0, 0.05) is 30.7 Å². The average Bonchev–Trinajstić information content (AvgIpc) is 2.88. The molecule has 0 fully saturated rings. The Balaban J connectivity index is 1.70. The molecule has 0 bridgehead atoms. The van der Waals surface area contributed by atoms with Crippen molar-refractivity contribution in [3.8, 4) is 0 Å². The molecule has 0 spiro atoms. The van der Waals surface area contributed by atoms with Gasteiger partial charge in [-0.05, 0) is 31.6 Å². The standard InChI is InChI=1S/C14H18ClN3S/c1-18(10-12-4-2-6-16-9-12)7-3-5-14-17-13(8-15)11-19-14/h2,4,6,9,11H,3,5,7-8,10H2,1H3. The summed E-state index contributed by atoms with van der Waals surface area (Å²) in [6, 6.07) is 4.09. The average molecular weight is 296 g/mol. The number of aromatic nitrogens is 2. The summed E-state index contributed by atoms with van der Waals surface area (Å²) in [5, 5.41) is 3.23. The van der Waals surface area contributed by atoms with Crippen LogP contribution in [0, 0.1) is 0 Å². The van der Waals surface area contributed by atoms with Crippen LogP contribution < -0.4 is 0 Å². The molecule has 2 aromatic heterocycles. The fourth-order valence-electron chi connectivity index (χ4n) is 1.91. The molecule has 5 heteroatoms. The van der Waals surface area contributed by atoms with E-state index in [-0.39, 0.29) is 0 Å². The number of hydrogen-bond acceptors (Lipinski definition) is 4. The highest BCUT2D eigenvalue weighted by Gasteiger charge is 2.03. The number of alkyl halides is 1. The summed E-state index contributed by atoms with van der Waals surface area (Å²) in [5.41, 5.74) is 2.24. The van der Waals surface area contributed by atoms with Crippen molar-refractivity contribution in [2.75, 3.05) is 13.6 Å². The van der Waals surface area contributed by atoms with Gasteiger partial charge < -0.3 is 4.90 Å². The molecule has 0 saturated heterocycles. The molecule has 0 aliphatic carbocycles. The Labute approximate surface area is 123 Å². The molecule has 0 aliphatic rings. The molecule has 0 N–H and O–H groups in total. The van der Waals surface area contributed by atoms with Crippen LogP contribution in [0.3, 0.4) is 0 Å². The van der Waals surface area contributed by atoms with Crippen LogP contribution in [0.2, 0.25) is 0 Å². The lowest BCUT2D eigenvalue weighted by Crippen LogP contribution is -2.19. The number of aryl methyl sites for hydroxylation is 1. The second-order valence-corrected chi connectivity index (χ2v) is 5.78. The van der Waals surface area contributed by atoms with E-state index in [1.165, 1.54) is 10.6 Å². The second kappa shape index (κ2) is 7.58. The number of thiazole rings is 1. The molecule has 102 valence electrons. The van der Waals surface area contributed by atoms with Crippen molar-refractivity contribution in [2.45, 2.75) is 25.3 Å². The van der Waals surface area contributed by atoms with Crippen molar-refractivity contribution in [1.29, 1.82) is 0 Å². The summed E-state index contributed by atoms with van der Waals surface area (Å²) < 4.78 is 0. The highest BCUT2D eigenvalue weighted by atomic mass is 35.5. The molecular formula is C14H18ClN3S. The molecule has 0 aromatic carbocycles. The fourth-order valence-corrected chi connectivity index (χ4v) is 2.98. The first kappa shape index (κ1) is 14.4. The summed E-state index contributed by atoms with van der Waals surface area (Å²) in [6.45, 7) is 2.00. The van der Waals surface area contributed by atoms with Crippen LogP contribution >= 0.6 is 22.9 Å². The summed E-state index contributed by atoms with van der Waals surface area (Å²) in [7, 11) is 2.14. The first-order valence-corrected chi connectivity index (χ1v) is 7.76. The molecule has 0 radical (unpaired) electrons. The Hall–Kier alpha value is -0.970. The third kappa shape index (κ3) is 4.90. The molecule has 0 atom stereocenters. The maximum atomic E-state index is 5.75. The highest BCUT2D eigenvalue weighted by Crippen LogP contribution is 2.13. The molecule has 3 nitrogen and oxygen atoms in total. The van der Waals surface area contributed by atoms with Crippen molar-refractivity contribution in [3.63, 3.8) is 0 Å². The van der Waals surface area contributed by atoms with E-state index in [2.05, 4.69) is 28.0 Å². The lowest BCUT2D eigenvalue weighted by molar-refractivity contribution is 0.322. The van der Waals surface area contributed by atoms with E-state index in [4.69, 9.17) is 11.6 Å². The zero-order valence-electron chi connectivity index (χ0n) is 11.1. The Bertz CT molecular complexity index is 486. The molecule has 0 aliphatic heterocycles. The van der Waals surface area contributed by atoms with E-state index >= 15 is 0 Å². The lowest BCUT2D eigenvalue weighted by atomic mass is 10.2. The summed E-state index contributed by atoms with van der Waals surface area (Å²) in [5.74, 6) is 0.511. The van der Waals surface area contributed by atoms with Crippen molar-refractivity contribution in [2.24, 2.45) is 0 Å². The van der Waals surface area contributed by atoms with E-state index in [1.54, 1.807) is 17.5 Å². The maximum Gasteiger partial charge on any atom is 0.0929 e. The van der Waals surface area contributed by atoms with E-state index in [1.807, 2.05) is 17.6 Å². The van der Waals surface area contributed by atoms with Crippen molar-refractivity contribution < 1.29 is 0 Å². The van der Waals surface area contributed by atoms with Crippen LogP contribution in [-0.4, -0.2) is 28.5 Å². The van der Waals surface area contributed by atoms with E-state index in [0.29, 0.717) is 5.88 Å². The van der Waals surface area contributed by atoms with Gasteiger partial charge in [-0.3, -0.25) is 4.98 Å². The highest BCUT2D eigenvalue weighted by molar-refractivity contribution is 7.09. The van der Waals surface area contributed by atoms with Gasteiger partial charge in [-0.25, -0.2) is 4.98 Å². The zero-order chi connectivity index (χ0) is 13.5. The Morgan fingerprint density at radius 2 is 2.32 bits per heavy atom. The smallest absolute Gasteiger partial charge is 0.0929 e. The van der Waals surface area contributed by atoms with Crippen LogP contribution in [0.4, 0.5) is 0 Å². The second-order valence-electron chi connectivity index (χ2n) is 4.57. The van der Waals surface area contributed by atoms with Gasteiger partial charge in [-0.2, -0.15) is 0 Å². The SMILES string of the molecule is CN(CCCc1nc(CCl)cs1)Cc1cccnc1. The minimum absolute atomic E-state index is 0.511. The number of rotatable bonds is 7. The molecule has 0 amide bonds. The van der Waals surface area contributed by atoms with E-state index in [9.17, 15) is 0 Å². The topological polar surface area (TPSA) is 29.0 Å². The van der Waals surface area contributed by atoms with Crippen LogP contribution in [-0.2, 0) is 18.8 Å². The van der Waals surface area contributed by atoms with Crippen LogP contribution in [0.1, 0.15) is 22.7 Å². The van der Waals surface area contributed by atoms with Gasteiger partial charge >= 0.3 is 0 Å². The van der Waals surface area contributed by atoms with E-state index < -0.39 is 0 Å². The number of hydrogen-bond donors (Lipinski definition) is 0. The molecule has 0 unspecified atom stereocenters. The van der Waals surface area contributed by atoms with Gasteiger partial charge in [-0.15, -0.1) is 22.9 Å². The van der Waals surface area contributed by atoms with Gasteiger partial charge in [0.1, 0.15) is 0 Å². The Morgan fingerprint density at radius 3 is 3.00 bits per heavy atom. The van der Waals surface area contributed by atoms with Crippen molar-refractivity contribution >= 4 is 22.9 Å². The third-order valence-corrected chi connectivity index (χ3v) is 4.07. The predicted octanol–water partition coefficient (Wildman–Crippen LogP) is 3.34. The number of pyridine rings is 1. The first-order chi connectivity index (χ1) is 9.28. The lowest BCUT2D eigenvalue weighted by Gasteiger charge is -2.15. The quantitative estimate of drug-likeness (QED) is 0.734. The molecule has 19 heavy (non-hydrogen) atoms. The first-order valence-electron chi connectivity index (χ1n) is 6.34. The largest absolute Gasteiger partial charge is 0.302 e. The van der Waals surface area contributed by atoms with Gasteiger partial charge in [0.2, 0.25) is 0 Å². The molecule has 0 saturated carbocycles. The summed E-state index contributed by atoms with van der Waals surface area (Å²) >= 11 is 7.45. The minimum Gasteiger partial charge on any atom is -0.302 e. The molecule has 2 heterocycles. The maximum absolute atomic E-state index is 5.75. The van der Waals surface area contributed by atoms with Gasteiger partial charge in [0.05, 0.1) is 16.6 Å². The summed E-state index contributed by atoms with van der Waals surface area (Å²) in [4.78, 5) is 10.9. The van der Waals surface area contributed by atoms with E-state index in [0.717, 1.165) is 31.6 Å². The van der Waals surface area contributed by atoms with Gasteiger partial charge in [-0.1, -0.05) is 6.07 Å². The fraction of sp³-hybridized carbons (Fsp3) is 0.429. The Kier molecular flexibility index (Phi) is 5.76. The number of halogens is 1. The molecule has 2 aromatic rings. The van der Waals surface area contributed by atoms with Crippen molar-refractivity contribution in [1.82, 2.24) is 14.9 Å². The van der Waals surface area contributed by atoms with Crippen LogP contribution in [0.15, 0.2) is 29.9 Å². The van der Waals surface area contributed by atoms with Gasteiger partial charge in [0.25, 0.3) is 0 Å². The number of nitrogens with zero attached hydrogens (tertiary/aromatic N) is 3. The van der Waals surface area contributed by atoms with Crippen LogP contribution in [0.25, 0.3) is 0 Å². The minimum atomic E-state index is 0.511. The molecular weight excluding hydrogens is 278 g/mol. The third-order valence-electron chi connectivity index (χ3n) is 2.84. The molecule has 2 rings (SSSR count). The monoisotopic (exact) mass is 295 g/mol. The summed E-state index contributed by atoms with van der Waals surface area (Å²) in [6.07, 6.45) is 5.87. The van der Waals surface area contributed by atoms with Crippen molar-refractivity contribution in [3.05, 3.63) is 46.2 Å². The van der Waals surface area contributed by atoms with Gasteiger partial charge in [0.15, 0.2) is 0 Å². The van der Waals surface area contributed by atoms with Crippen LogP contribution in [0.5, 0.6) is 0 Å². The normalized spacial score (nSPS) is 11.1. The predicted molar refractivity (Wildman–Crippen MR) is 80.6 cm³/mol. The Morgan fingerprint density at radius 1 is 1.42 bits per heavy atom. The zero-order valence-corrected chi connectivity index (χ0v) is 12.6.